The van der Waals surface area contributed by atoms with Crippen LogP contribution in [0.25, 0.3) is 10.9 Å². The van der Waals surface area contributed by atoms with E-state index in [1.54, 1.807) is 12.3 Å². The SMILES string of the molecule is OC(c1ccc2ncccc2c1)c1cc(Br)ccc1Cl. The van der Waals surface area contributed by atoms with Gasteiger partial charge in [0.2, 0.25) is 0 Å². The Hall–Kier alpha value is -1.42. The largest absolute Gasteiger partial charge is 0.384 e. The first-order valence-electron chi connectivity index (χ1n) is 6.13. The zero-order valence-electron chi connectivity index (χ0n) is 10.4. The molecule has 3 rings (SSSR count). The summed E-state index contributed by atoms with van der Waals surface area (Å²) in [5.41, 5.74) is 2.39. The van der Waals surface area contributed by atoms with Gasteiger partial charge in [0, 0.05) is 26.6 Å². The van der Waals surface area contributed by atoms with E-state index in [0.29, 0.717) is 10.6 Å². The lowest BCUT2D eigenvalue weighted by Crippen LogP contribution is -2.00. The number of pyridine rings is 1. The van der Waals surface area contributed by atoms with Crippen LogP contribution in [0.3, 0.4) is 0 Å². The van der Waals surface area contributed by atoms with E-state index >= 15 is 0 Å². The number of fused-ring (bicyclic) bond motifs is 1. The zero-order chi connectivity index (χ0) is 14.1. The van der Waals surface area contributed by atoms with Gasteiger partial charge in [0.15, 0.2) is 0 Å². The van der Waals surface area contributed by atoms with Crippen molar-refractivity contribution in [1.29, 1.82) is 0 Å². The Bertz CT molecular complexity index is 775. The summed E-state index contributed by atoms with van der Waals surface area (Å²) in [5, 5.41) is 12.1. The van der Waals surface area contributed by atoms with Crippen molar-refractivity contribution in [3.05, 3.63) is 75.4 Å². The first kappa shape index (κ1) is 13.6. The molecule has 0 aliphatic rings. The van der Waals surface area contributed by atoms with E-state index in [1.807, 2.05) is 42.5 Å². The summed E-state index contributed by atoms with van der Waals surface area (Å²) in [6, 6.07) is 15.0. The maximum absolute atomic E-state index is 10.5. The molecule has 20 heavy (non-hydrogen) atoms. The highest BCUT2D eigenvalue weighted by molar-refractivity contribution is 9.10. The highest BCUT2D eigenvalue weighted by Gasteiger charge is 2.14. The summed E-state index contributed by atoms with van der Waals surface area (Å²) in [6.07, 6.45) is 0.994. The molecule has 1 aromatic heterocycles. The molecule has 1 atom stereocenters. The van der Waals surface area contributed by atoms with Gasteiger partial charge in [0.05, 0.1) is 5.52 Å². The second kappa shape index (κ2) is 5.52. The molecule has 100 valence electrons. The Balaban J connectivity index is 2.07. The van der Waals surface area contributed by atoms with Crippen LogP contribution < -0.4 is 0 Å². The second-order valence-corrected chi connectivity index (χ2v) is 5.85. The Kier molecular flexibility index (Phi) is 3.74. The molecule has 0 aliphatic carbocycles. The highest BCUT2D eigenvalue weighted by Crippen LogP contribution is 2.31. The smallest absolute Gasteiger partial charge is 0.106 e. The van der Waals surface area contributed by atoms with E-state index < -0.39 is 6.10 Å². The predicted molar refractivity (Wildman–Crippen MR) is 85.0 cm³/mol. The monoisotopic (exact) mass is 347 g/mol. The van der Waals surface area contributed by atoms with E-state index in [0.717, 1.165) is 20.9 Å². The van der Waals surface area contributed by atoms with Crippen molar-refractivity contribution >= 4 is 38.4 Å². The van der Waals surface area contributed by atoms with Crippen LogP contribution in [0, 0.1) is 0 Å². The maximum atomic E-state index is 10.5. The van der Waals surface area contributed by atoms with E-state index in [4.69, 9.17) is 11.6 Å². The lowest BCUT2D eigenvalue weighted by Gasteiger charge is -2.14. The molecule has 0 saturated carbocycles. The van der Waals surface area contributed by atoms with Crippen LogP contribution in [0.1, 0.15) is 17.2 Å². The Labute approximate surface area is 130 Å². The third-order valence-electron chi connectivity index (χ3n) is 3.20. The molecule has 0 spiro atoms. The number of rotatable bonds is 2. The van der Waals surface area contributed by atoms with Crippen LogP contribution in [0.5, 0.6) is 0 Å². The fourth-order valence-electron chi connectivity index (χ4n) is 2.17. The van der Waals surface area contributed by atoms with Crippen LogP contribution in [-0.4, -0.2) is 10.1 Å². The summed E-state index contributed by atoms with van der Waals surface area (Å²) in [7, 11) is 0. The summed E-state index contributed by atoms with van der Waals surface area (Å²) in [6.45, 7) is 0. The number of aromatic nitrogens is 1. The van der Waals surface area contributed by atoms with Gasteiger partial charge in [-0.3, -0.25) is 4.98 Å². The molecule has 0 bridgehead atoms. The molecular weight excluding hydrogens is 338 g/mol. The minimum absolute atomic E-state index is 0.548. The quantitative estimate of drug-likeness (QED) is 0.726. The zero-order valence-corrected chi connectivity index (χ0v) is 12.8. The molecule has 1 unspecified atom stereocenters. The van der Waals surface area contributed by atoms with E-state index in [2.05, 4.69) is 20.9 Å². The van der Waals surface area contributed by atoms with Crippen LogP contribution in [0.4, 0.5) is 0 Å². The van der Waals surface area contributed by atoms with Gasteiger partial charge in [-0.25, -0.2) is 0 Å². The Morgan fingerprint density at radius 3 is 2.80 bits per heavy atom. The Morgan fingerprint density at radius 1 is 1.10 bits per heavy atom. The molecule has 0 amide bonds. The first-order chi connectivity index (χ1) is 9.65. The number of nitrogens with zero attached hydrogens (tertiary/aromatic N) is 1. The Morgan fingerprint density at radius 2 is 1.95 bits per heavy atom. The highest BCUT2D eigenvalue weighted by atomic mass is 79.9. The summed E-state index contributed by atoms with van der Waals surface area (Å²) in [5.74, 6) is 0. The maximum Gasteiger partial charge on any atom is 0.106 e. The fourth-order valence-corrected chi connectivity index (χ4v) is 2.77. The van der Waals surface area contributed by atoms with Gasteiger partial charge in [0.1, 0.15) is 6.10 Å². The molecule has 4 heteroatoms. The van der Waals surface area contributed by atoms with Crippen LogP contribution in [-0.2, 0) is 0 Å². The number of hydrogen-bond acceptors (Lipinski definition) is 2. The predicted octanol–water partition coefficient (Wildman–Crippen LogP) is 4.73. The second-order valence-electron chi connectivity index (χ2n) is 4.52. The average molecular weight is 349 g/mol. The van der Waals surface area contributed by atoms with E-state index in [-0.39, 0.29) is 0 Å². The third-order valence-corrected chi connectivity index (χ3v) is 4.03. The van der Waals surface area contributed by atoms with Crippen molar-refractivity contribution in [3.63, 3.8) is 0 Å². The molecule has 0 radical (unpaired) electrons. The topological polar surface area (TPSA) is 33.1 Å². The van der Waals surface area contributed by atoms with Crippen molar-refractivity contribution < 1.29 is 5.11 Å². The van der Waals surface area contributed by atoms with Crippen molar-refractivity contribution in [2.75, 3.05) is 0 Å². The molecule has 3 aromatic rings. The van der Waals surface area contributed by atoms with Gasteiger partial charge < -0.3 is 5.11 Å². The lowest BCUT2D eigenvalue weighted by atomic mass is 10.00. The van der Waals surface area contributed by atoms with Crippen LogP contribution in [0.15, 0.2) is 59.2 Å². The van der Waals surface area contributed by atoms with Crippen molar-refractivity contribution in [2.45, 2.75) is 6.10 Å². The minimum atomic E-state index is -0.760. The molecule has 0 saturated heterocycles. The molecule has 1 heterocycles. The normalized spacial score (nSPS) is 12.6. The van der Waals surface area contributed by atoms with E-state index in [1.165, 1.54) is 0 Å². The fraction of sp³-hybridized carbons (Fsp3) is 0.0625. The van der Waals surface area contributed by atoms with Crippen LogP contribution >= 0.6 is 27.5 Å². The van der Waals surface area contributed by atoms with Gasteiger partial charge in [-0.15, -0.1) is 0 Å². The summed E-state index contributed by atoms with van der Waals surface area (Å²) in [4.78, 5) is 4.27. The molecule has 1 N–H and O–H groups in total. The van der Waals surface area contributed by atoms with Crippen molar-refractivity contribution in [3.8, 4) is 0 Å². The van der Waals surface area contributed by atoms with E-state index in [9.17, 15) is 5.11 Å². The third kappa shape index (κ3) is 2.57. The standard InChI is InChI=1S/C16H11BrClNO/c17-12-4-5-14(18)13(9-12)16(20)11-3-6-15-10(8-11)2-1-7-19-15/h1-9,16,20H. The summed E-state index contributed by atoms with van der Waals surface area (Å²) >= 11 is 9.56. The van der Waals surface area contributed by atoms with Gasteiger partial charge in [-0.2, -0.15) is 0 Å². The van der Waals surface area contributed by atoms with Crippen molar-refractivity contribution in [1.82, 2.24) is 4.98 Å². The molecule has 0 fully saturated rings. The van der Waals surface area contributed by atoms with Gasteiger partial charge >= 0.3 is 0 Å². The molecular formula is C16H11BrClNO. The number of benzene rings is 2. The number of aliphatic hydroxyl groups is 1. The van der Waals surface area contributed by atoms with Crippen LogP contribution in [0.2, 0.25) is 5.02 Å². The first-order valence-corrected chi connectivity index (χ1v) is 7.30. The summed E-state index contributed by atoms with van der Waals surface area (Å²) < 4.78 is 0.887. The molecule has 0 aliphatic heterocycles. The number of aliphatic hydroxyl groups excluding tert-OH is 1. The average Bonchev–Trinajstić information content (AvgIpc) is 2.48. The lowest BCUT2D eigenvalue weighted by molar-refractivity contribution is 0.220. The number of hydrogen-bond donors (Lipinski definition) is 1. The van der Waals surface area contributed by atoms with Gasteiger partial charge in [-0.05, 0) is 42.0 Å². The molecule has 2 nitrogen and oxygen atoms in total. The minimum Gasteiger partial charge on any atom is -0.384 e. The van der Waals surface area contributed by atoms with Crippen molar-refractivity contribution in [2.24, 2.45) is 0 Å². The number of halogens is 2. The van der Waals surface area contributed by atoms with Gasteiger partial charge in [-0.1, -0.05) is 39.7 Å². The van der Waals surface area contributed by atoms with Gasteiger partial charge in [0.25, 0.3) is 0 Å². The molecule has 2 aromatic carbocycles.